The third-order valence-electron chi connectivity index (χ3n) is 13.1. The van der Waals surface area contributed by atoms with Crippen LogP contribution in [0.5, 0.6) is 0 Å². The lowest BCUT2D eigenvalue weighted by Crippen LogP contribution is -2.31. The highest BCUT2D eigenvalue weighted by molar-refractivity contribution is 7.67. The average molecular weight is 1520 g/mol. The fraction of sp³-hybridized carbons (Fsp3) is 0.378. The number of benzene rings is 3. The first-order valence-corrected chi connectivity index (χ1v) is 40.5. The van der Waals surface area contributed by atoms with Gasteiger partial charge in [-0.3, -0.25) is 13.6 Å². The van der Waals surface area contributed by atoms with Crippen molar-refractivity contribution in [3.63, 3.8) is 0 Å². The fourth-order valence-electron chi connectivity index (χ4n) is 9.35. The maximum absolute atomic E-state index is 11.9. The van der Waals surface area contributed by atoms with Crippen molar-refractivity contribution in [3.8, 4) is 0 Å². The van der Waals surface area contributed by atoms with E-state index in [1.54, 1.807) is 22.2 Å². The van der Waals surface area contributed by atoms with E-state index in [4.69, 9.17) is 53.4 Å². The van der Waals surface area contributed by atoms with Crippen LogP contribution in [0, 0.1) is 13.8 Å². The van der Waals surface area contributed by atoms with Gasteiger partial charge in [-0.2, -0.15) is 25.9 Å². The average Bonchev–Trinajstić information content (AvgIpc) is 1.40. The third kappa shape index (κ3) is 23.1. The summed E-state index contributed by atoms with van der Waals surface area (Å²) in [7, 11) is -49.2. The van der Waals surface area contributed by atoms with Crippen LogP contribution < -0.4 is 0 Å². The fourth-order valence-corrected chi connectivity index (χ4v) is 19.3. The van der Waals surface area contributed by atoms with Crippen molar-refractivity contribution >= 4 is 116 Å². The van der Waals surface area contributed by atoms with Gasteiger partial charge in [0.2, 0.25) is 0 Å². The molecule has 5 aliphatic heterocycles. The van der Waals surface area contributed by atoms with E-state index >= 15 is 0 Å². The molecule has 518 valence electrons. The van der Waals surface area contributed by atoms with Crippen molar-refractivity contribution in [2.75, 3.05) is 19.8 Å². The Kier molecular flexibility index (Phi) is 25.3. The first kappa shape index (κ1) is 77.5. The van der Waals surface area contributed by atoms with Crippen LogP contribution in [-0.2, 0) is 94.7 Å². The molecule has 15 atom stereocenters. The largest absolute Gasteiger partial charge is 0.490 e. The van der Waals surface area contributed by atoms with Gasteiger partial charge in [-0.25, -0.2) is 41.1 Å². The highest BCUT2D eigenvalue weighted by Crippen LogP contribution is 2.69. The Labute approximate surface area is 530 Å². The van der Waals surface area contributed by atoms with E-state index in [1.807, 2.05) is 92.0 Å². The number of rotatable bonds is 24. The molecule has 1 aromatic heterocycles. The van der Waals surface area contributed by atoms with Crippen LogP contribution in [0.4, 0.5) is 0 Å². The summed E-state index contributed by atoms with van der Waals surface area (Å²) in [5.74, 6) is 0. The highest BCUT2D eigenvalue weighted by atomic mass is 32.1. The normalized spacial score (nSPS) is 27.1. The van der Waals surface area contributed by atoms with Gasteiger partial charge in [0.15, 0.2) is 0 Å². The number of fused-ring (bicyclic) bond motifs is 3. The number of aryl methyl sites for hydroxylation is 2. The zero-order chi connectivity index (χ0) is 69.2. The number of phosphoric ester groups is 3. The number of nitrogens with zero attached hydrogens (tertiary/aromatic N) is 2. The molecule has 93 heavy (non-hydrogen) atoms. The third-order valence-corrected chi connectivity index (χ3v) is 25.5. The molecular formula is C45H61N2O36P9S. The number of hydrogen-bond donors (Lipinski definition) is 15. The molecule has 0 aliphatic carbocycles. The van der Waals surface area contributed by atoms with Gasteiger partial charge < -0.3 is 98.1 Å². The van der Waals surface area contributed by atoms with E-state index in [0.717, 1.165) is 49.0 Å². The summed E-state index contributed by atoms with van der Waals surface area (Å²) in [4.78, 5) is 111. The van der Waals surface area contributed by atoms with Gasteiger partial charge in [-0.15, -0.1) is 11.3 Å². The molecule has 48 heteroatoms. The van der Waals surface area contributed by atoms with Crippen LogP contribution in [0.25, 0.3) is 34.3 Å². The van der Waals surface area contributed by atoms with E-state index in [-0.39, 0.29) is 19.3 Å². The molecule has 3 aromatic carbocycles. The monoisotopic (exact) mass is 1520 g/mol. The lowest BCUT2D eigenvalue weighted by molar-refractivity contribution is -0.0496. The highest BCUT2D eigenvalue weighted by Gasteiger charge is 2.47. The predicted molar refractivity (Wildman–Crippen MR) is 320 cm³/mol. The molecule has 0 bridgehead atoms. The summed E-state index contributed by atoms with van der Waals surface area (Å²) in [5, 5.41) is 34.6. The van der Waals surface area contributed by atoms with Crippen molar-refractivity contribution in [1.82, 2.24) is 9.80 Å². The Bertz CT molecular complexity index is 3940. The number of phosphoric acid groups is 9. The minimum absolute atomic E-state index is 0.0922. The minimum atomic E-state index is -5.62. The zero-order valence-electron chi connectivity index (χ0n) is 47.6. The summed E-state index contributed by atoms with van der Waals surface area (Å²) < 4.78 is 154. The lowest BCUT2D eigenvalue weighted by Gasteiger charge is -2.32. The molecule has 15 N–H and O–H groups in total. The van der Waals surface area contributed by atoms with Gasteiger partial charge in [0.05, 0.1) is 54.8 Å². The maximum Gasteiger partial charge on any atom is 0.490 e. The second-order valence-corrected chi connectivity index (χ2v) is 34.4. The molecule has 5 aliphatic rings. The molecule has 38 nitrogen and oxygen atoms in total. The van der Waals surface area contributed by atoms with E-state index in [2.05, 4.69) is 52.6 Å². The standard InChI is InChI=1S/C16H22NO12P3.C16H21O12P3.C13H18NO12P3S/c1-10-3-4-13-11(2)17(6-5-12(13)7-10)16-8-14(18)15(27-16)9-26-31(22,23)29-32(24,25)28-30(19,20)21;1-10-6-11-4-2-3-5-12(11)7-13(10)15-8-14(17)16(26-15)9-25-30(21,22)28-31(23,24)27-29(18,19)20;1-8-13-9(3-5-30-13)2-4-14(8)12-6-10(15)11(24-12)7-23-28(19,20)26-29(21,22)25-27(16,17)18/h3-7,14-16,18H,2,8-9H2,1H3,(H,22,23)(H,24,25)(H2,19,20,21);2-7,14-17H,8-9H2,1H3,(H,21,22)(H,23,24)(H2,18,19,20);2-5,10-12,15H,1,6-7H2,(H,19,20)(H,21,22)(H2,16,17,18)/t2*14-,15-,16-;10-,11-,12-/m111/s1. The number of aliphatic hydroxyl groups is 3. The quantitative estimate of drug-likeness (QED) is 0.0329. The summed E-state index contributed by atoms with van der Waals surface area (Å²) in [5.41, 5.74) is 6.91. The number of ether oxygens (including phenoxy) is 3. The molecule has 6 heterocycles. The van der Waals surface area contributed by atoms with E-state index in [9.17, 15) is 76.0 Å². The SMILES string of the molecule is C=C1c2ccc(C)cc2C=CN1[C@H]1C[C@@H](O)[C@@H](COP(=O)(O)OP(=O)(O)OP(=O)(O)O)O1.C=C1c2sccc2C=CN1[C@H]1C[C@@H](O)[C@@H](COP(=O)(O)OP(=O)(O)OP(=O)(O)O)O1.Cc1cc2ccccc2cc1[C@H]1C[C@@H](O)[C@@H](COP(=O)(O)OP(=O)(O)OP(=O)(O)O)O1. The Morgan fingerprint density at radius 1 is 0.495 bits per heavy atom. The van der Waals surface area contributed by atoms with Gasteiger partial charge in [0, 0.05) is 42.9 Å². The van der Waals surface area contributed by atoms with Gasteiger partial charge in [-0.05, 0) is 76.5 Å². The van der Waals surface area contributed by atoms with Crippen molar-refractivity contribution in [2.45, 2.75) is 88.3 Å². The Balaban J connectivity index is 0.000000198. The number of thiophene rings is 1. The van der Waals surface area contributed by atoms with Crippen LogP contribution >= 0.6 is 81.7 Å². The molecule has 0 saturated carbocycles. The Morgan fingerprint density at radius 3 is 1.35 bits per heavy atom. The van der Waals surface area contributed by atoms with E-state index in [1.165, 1.54) is 11.3 Å². The van der Waals surface area contributed by atoms with Crippen molar-refractivity contribution in [1.29, 1.82) is 0 Å². The molecule has 4 aromatic rings. The second kappa shape index (κ2) is 30.3. The summed E-state index contributed by atoms with van der Waals surface area (Å²) in [6.07, 6.45) is -0.984. The predicted octanol–water partition coefficient (Wildman–Crippen LogP) is 6.58. The summed E-state index contributed by atoms with van der Waals surface area (Å²) in [6, 6.07) is 19.3. The molecular weight excluding hydrogens is 1460 g/mol. The maximum atomic E-state index is 11.9. The zero-order valence-corrected chi connectivity index (χ0v) is 56.5. The summed E-state index contributed by atoms with van der Waals surface area (Å²) >= 11 is 1.48. The van der Waals surface area contributed by atoms with Crippen LogP contribution in [0.1, 0.15) is 63.6 Å². The van der Waals surface area contributed by atoms with Crippen LogP contribution in [0.15, 0.2) is 91.6 Å². The van der Waals surface area contributed by atoms with Gasteiger partial charge in [0.25, 0.3) is 0 Å². The number of aliphatic hydroxyl groups excluding tert-OH is 3. The first-order chi connectivity index (χ1) is 42.7. The molecule has 0 spiro atoms. The Hall–Kier alpha value is -2.83. The van der Waals surface area contributed by atoms with Crippen LogP contribution in [0.2, 0.25) is 0 Å². The lowest BCUT2D eigenvalue weighted by atomic mass is 9.96. The van der Waals surface area contributed by atoms with Crippen molar-refractivity contribution in [2.24, 2.45) is 0 Å². The van der Waals surface area contributed by atoms with Crippen LogP contribution in [0.3, 0.4) is 0 Å². The molecule has 3 saturated heterocycles. The molecule has 6 unspecified atom stereocenters. The van der Waals surface area contributed by atoms with E-state index < -0.39 is 145 Å². The molecule has 3 fully saturated rings. The molecule has 0 radical (unpaired) electrons. The van der Waals surface area contributed by atoms with Gasteiger partial charge in [-0.1, -0.05) is 67.3 Å². The smallest absolute Gasteiger partial charge is 0.390 e. The van der Waals surface area contributed by atoms with Crippen LogP contribution in [-0.4, -0.2) is 153 Å². The van der Waals surface area contributed by atoms with Crippen molar-refractivity contribution in [3.05, 3.63) is 130 Å². The van der Waals surface area contributed by atoms with Gasteiger partial charge >= 0.3 is 70.4 Å². The summed E-state index contributed by atoms with van der Waals surface area (Å²) in [6.45, 7) is 9.75. The van der Waals surface area contributed by atoms with Crippen molar-refractivity contribution < 1.29 is 169 Å². The van der Waals surface area contributed by atoms with E-state index in [0.29, 0.717) is 11.4 Å². The molecule has 9 rings (SSSR count). The molecule has 0 amide bonds. The Morgan fingerprint density at radius 2 is 0.903 bits per heavy atom. The minimum Gasteiger partial charge on any atom is -0.390 e. The first-order valence-electron chi connectivity index (χ1n) is 26.0. The topological polar surface area (TPSA) is 574 Å². The number of hydrogen-bond acceptors (Lipinski definition) is 27. The van der Waals surface area contributed by atoms with Gasteiger partial charge in [0.1, 0.15) is 30.8 Å². The second-order valence-electron chi connectivity index (χ2n) is 20.2.